The Morgan fingerprint density at radius 1 is 1.12 bits per heavy atom. The lowest BCUT2D eigenvalue weighted by Gasteiger charge is -2.33. The molecule has 0 fully saturated rings. The maximum Gasteiger partial charge on any atom is 0.348 e. The van der Waals surface area contributed by atoms with E-state index in [1.807, 2.05) is 30.5 Å². The summed E-state index contributed by atoms with van der Waals surface area (Å²) in [5, 5.41) is 5.42. The molecule has 2 aromatic carbocycles. The van der Waals surface area contributed by atoms with Crippen molar-refractivity contribution < 1.29 is 18.7 Å². The zero-order chi connectivity index (χ0) is 23.0. The largest absolute Gasteiger partial charge is 0.496 e. The van der Waals surface area contributed by atoms with Gasteiger partial charge in [0.15, 0.2) is 0 Å². The van der Waals surface area contributed by atoms with Crippen LogP contribution in [0.15, 0.2) is 47.9 Å². The predicted octanol–water partition coefficient (Wildman–Crippen LogP) is 6.84. The number of allylic oxidation sites excluding steroid dienone is 1. The first-order valence-corrected chi connectivity index (χ1v) is 11.3. The number of aryl methyl sites for hydroxylation is 1. The second-order valence-electron chi connectivity index (χ2n) is 8.54. The molecule has 6 heteroatoms. The van der Waals surface area contributed by atoms with Crippen molar-refractivity contribution in [2.24, 2.45) is 0 Å². The van der Waals surface area contributed by atoms with E-state index < -0.39 is 0 Å². The number of rotatable bonds is 5. The fourth-order valence-corrected chi connectivity index (χ4v) is 5.09. The molecule has 1 aliphatic heterocycles. The molecular formula is C26H26FNO3S. The van der Waals surface area contributed by atoms with Gasteiger partial charge >= 0.3 is 5.97 Å². The number of carbonyl (C=O) groups is 1. The lowest BCUT2D eigenvalue weighted by molar-refractivity contribution is 0.0478. The number of hydrogen-bond acceptors (Lipinski definition) is 5. The standard InChI is InChI=1S/C26H26FNO3S/c1-15-10-11-32-24(15)25(29)31-14-20-18(19-7-6-17(27)12-22(19)30-5)8-9-21-23(20)16(2)13-26(3,4)28-21/h6-13,28H,14H2,1-5H3. The van der Waals surface area contributed by atoms with Gasteiger partial charge in [0.05, 0.1) is 12.6 Å². The van der Waals surface area contributed by atoms with Gasteiger partial charge in [-0.2, -0.15) is 0 Å². The van der Waals surface area contributed by atoms with Crippen molar-refractivity contribution >= 4 is 28.6 Å². The molecule has 0 atom stereocenters. The molecule has 1 aliphatic rings. The van der Waals surface area contributed by atoms with Gasteiger partial charge in [-0.1, -0.05) is 12.1 Å². The number of halogens is 1. The Kier molecular flexibility index (Phi) is 5.82. The third-order valence-electron chi connectivity index (χ3n) is 5.59. The SMILES string of the molecule is COc1cc(F)ccc1-c1ccc2c(c1COC(=O)c1sccc1C)C(C)=CC(C)(C)N2. The van der Waals surface area contributed by atoms with Crippen LogP contribution >= 0.6 is 11.3 Å². The average molecular weight is 452 g/mol. The molecule has 32 heavy (non-hydrogen) atoms. The van der Waals surface area contributed by atoms with Gasteiger partial charge in [0.25, 0.3) is 0 Å². The first-order chi connectivity index (χ1) is 15.2. The number of hydrogen-bond donors (Lipinski definition) is 1. The first kappa shape index (κ1) is 22.1. The third-order valence-corrected chi connectivity index (χ3v) is 6.59. The molecule has 3 aromatic rings. The Morgan fingerprint density at radius 3 is 2.56 bits per heavy atom. The van der Waals surface area contributed by atoms with Gasteiger partial charge in [0.1, 0.15) is 23.1 Å². The summed E-state index contributed by atoms with van der Waals surface area (Å²) in [6, 6.07) is 10.4. The number of fused-ring (bicyclic) bond motifs is 1. The van der Waals surface area contributed by atoms with Gasteiger partial charge < -0.3 is 14.8 Å². The highest BCUT2D eigenvalue weighted by Crippen LogP contribution is 2.42. The van der Waals surface area contributed by atoms with Crippen molar-refractivity contribution in [3.63, 3.8) is 0 Å². The number of anilines is 1. The highest BCUT2D eigenvalue weighted by atomic mass is 32.1. The van der Waals surface area contributed by atoms with Gasteiger partial charge in [-0.25, -0.2) is 9.18 Å². The number of carbonyl (C=O) groups excluding carboxylic acids is 1. The summed E-state index contributed by atoms with van der Waals surface area (Å²) in [5.74, 6) is -0.292. The molecule has 0 saturated heterocycles. The van der Waals surface area contributed by atoms with Crippen molar-refractivity contribution in [3.8, 4) is 16.9 Å². The van der Waals surface area contributed by atoms with Crippen molar-refractivity contribution in [2.75, 3.05) is 12.4 Å². The summed E-state index contributed by atoms with van der Waals surface area (Å²) in [7, 11) is 1.52. The Balaban J connectivity index is 1.83. The lowest BCUT2D eigenvalue weighted by Crippen LogP contribution is -2.32. The Labute approximate surface area is 191 Å². The Morgan fingerprint density at radius 2 is 1.88 bits per heavy atom. The average Bonchev–Trinajstić information content (AvgIpc) is 3.16. The van der Waals surface area contributed by atoms with E-state index in [-0.39, 0.29) is 23.9 Å². The smallest absolute Gasteiger partial charge is 0.348 e. The molecule has 4 nitrogen and oxygen atoms in total. The van der Waals surface area contributed by atoms with Gasteiger partial charge in [0, 0.05) is 28.4 Å². The van der Waals surface area contributed by atoms with Crippen LogP contribution in [-0.2, 0) is 11.3 Å². The van der Waals surface area contributed by atoms with Crippen LogP contribution in [0.25, 0.3) is 16.7 Å². The van der Waals surface area contributed by atoms with E-state index in [0.717, 1.165) is 39.1 Å². The molecular weight excluding hydrogens is 425 g/mol. The molecule has 0 bridgehead atoms. The summed E-state index contributed by atoms with van der Waals surface area (Å²) in [5.41, 5.74) is 6.18. The maximum atomic E-state index is 13.9. The molecule has 4 rings (SSSR count). The summed E-state index contributed by atoms with van der Waals surface area (Å²) in [4.78, 5) is 13.4. The van der Waals surface area contributed by atoms with Crippen LogP contribution in [0.2, 0.25) is 0 Å². The number of ether oxygens (including phenoxy) is 2. The van der Waals surface area contributed by atoms with Crippen molar-refractivity contribution in [1.29, 1.82) is 0 Å². The Hall–Kier alpha value is -3.12. The van der Waals surface area contributed by atoms with E-state index in [9.17, 15) is 9.18 Å². The fraction of sp³-hybridized carbons (Fsp3) is 0.269. The van der Waals surface area contributed by atoms with E-state index in [4.69, 9.17) is 9.47 Å². The van der Waals surface area contributed by atoms with Crippen LogP contribution in [0.1, 0.15) is 47.1 Å². The molecule has 0 unspecified atom stereocenters. The molecule has 166 valence electrons. The molecule has 1 aromatic heterocycles. The van der Waals surface area contributed by atoms with Crippen molar-refractivity contribution in [3.05, 3.63) is 75.2 Å². The number of methoxy groups -OCH3 is 1. The number of benzene rings is 2. The highest BCUT2D eigenvalue weighted by molar-refractivity contribution is 7.12. The molecule has 0 amide bonds. The van der Waals surface area contributed by atoms with Crippen LogP contribution < -0.4 is 10.1 Å². The molecule has 1 N–H and O–H groups in total. The van der Waals surface area contributed by atoms with Crippen LogP contribution in [0.4, 0.5) is 10.1 Å². The number of esters is 1. The van der Waals surface area contributed by atoms with E-state index >= 15 is 0 Å². The van der Waals surface area contributed by atoms with Gasteiger partial charge in [-0.3, -0.25) is 0 Å². The monoisotopic (exact) mass is 451 g/mol. The second-order valence-corrected chi connectivity index (χ2v) is 9.46. The Bertz CT molecular complexity index is 1230. The highest BCUT2D eigenvalue weighted by Gasteiger charge is 2.27. The minimum absolute atomic E-state index is 0.0858. The van der Waals surface area contributed by atoms with Crippen LogP contribution in [0.5, 0.6) is 5.75 Å². The van der Waals surface area contributed by atoms with Crippen molar-refractivity contribution in [1.82, 2.24) is 0 Å². The molecule has 2 heterocycles. The van der Waals surface area contributed by atoms with Gasteiger partial charge in [0.2, 0.25) is 0 Å². The molecule has 0 radical (unpaired) electrons. The van der Waals surface area contributed by atoms with E-state index in [1.54, 1.807) is 6.07 Å². The van der Waals surface area contributed by atoms with Gasteiger partial charge in [-0.15, -0.1) is 11.3 Å². The van der Waals surface area contributed by atoms with E-state index in [0.29, 0.717) is 10.6 Å². The topological polar surface area (TPSA) is 47.6 Å². The van der Waals surface area contributed by atoms with Crippen molar-refractivity contribution in [2.45, 2.75) is 39.8 Å². The first-order valence-electron chi connectivity index (χ1n) is 10.4. The van der Waals surface area contributed by atoms with Gasteiger partial charge in [-0.05, 0) is 74.0 Å². The van der Waals surface area contributed by atoms with Crippen LogP contribution in [0, 0.1) is 12.7 Å². The summed E-state index contributed by atoms with van der Waals surface area (Å²) in [6.07, 6.45) is 2.16. The summed E-state index contributed by atoms with van der Waals surface area (Å²) < 4.78 is 25.1. The quantitative estimate of drug-likeness (QED) is 0.432. The summed E-state index contributed by atoms with van der Waals surface area (Å²) in [6.45, 7) is 8.25. The molecule has 0 spiro atoms. The zero-order valence-electron chi connectivity index (χ0n) is 18.8. The van der Waals surface area contributed by atoms with E-state index in [1.165, 1.54) is 30.6 Å². The normalized spacial score (nSPS) is 14.2. The predicted molar refractivity (Wildman–Crippen MR) is 128 cm³/mol. The molecule has 0 saturated carbocycles. The minimum atomic E-state index is -0.371. The van der Waals surface area contributed by atoms with Crippen LogP contribution in [0.3, 0.4) is 0 Å². The summed E-state index contributed by atoms with van der Waals surface area (Å²) >= 11 is 1.37. The fourth-order valence-electron chi connectivity index (χ4n) is 4.27. The minimum Gasteiger partial charge on any atom is -0.496 e. The molecule has 0 aliphatic carbocycles. The lowest BCUT2D eigenvalue weighted by atomic mass is 9.85. The maximum absolute atomic E-state index is 13.9. The second kappa shape index (κ2) is 8.43. The number of nitrogens with one attached hydrogen (secondary N) is 1. The number of thiophene rings is 1. The zero-order valence-corrected chi connectivity index (χ0v) is 19.7. The van der Waals surface area contributed by atoms with Crippen LogP contribution in [-0.4, -0.2) is 18.6 Å². The van der Waals surface area contributed by atoms with E-state index in [2.05, 4.69) is 32.2 Å². The third kappa shape index (κ3) is 4.15.